The topological polar surface area (TPSA) is 72.2 Å². The summed E-state index contributed by atoms with van der Waals surface area (Å²) in [5.41, 5.74) is 1.96. The summed E-state index contributed by atoms with van der Waals surface area (Å²) in [6, 6.07) is 17.3. The van der Waals surface area contributed by atoms with Crippen molar-refractivity contribution >= 4 is 11.7 Å². The van der Waals surface area contributed by atoms with Crippen molar-refractivity contribution in [2.24, 2.45) is 0 Å². The first-order valence-electron chi connectivity index (χ1n) is 8.37. The highest BCUT2D eigenvalue weighted by atomic mass is 16.5. The molecule has 0 aliphatic carbocycles. The first-order chi connectivity index (χ1) is 12.7. The molecule has 5 nitrogen and oxygen atoms in total. The van der Waals surface area contributed by atoms with Crippen molar-refractivity contribution in [2.75, 3.05) is 6.61 Å². The van der Waals surface area contributed by atoms with Crippen LogP contribution in [0.1, 0.15) is 30.5 Å². The highest BCUT2D eigenvalue weighted by Crippen LogP contribution is 2.38. The molecule has 3 rings (SSSR count). The molecule has 5 heteroatoms. The van der Waals surface area contributed by atoms with Gasteiger partial charge in [0, 0.05) is 12.1 Å². The third kappa shape index (κ3) is 3.81. The molecule has 0 fully saturated rings. The van der Waals surface area contributed by atoms with Crippen LogP contribution in [0.15, 0.2) is 72.1 Å². The van der Waals surface area contributed by atoms with Gasteiger partial charge < -0.3 is 9.47 Å². The summed E-state index contributed by atoms with van der Waals surface area (Å²) in [7, 11) is 0. The zero-order valence-electron chi connectivity index (χ0n) is 14.4. The lowest BCUT2D eigenvalue weighted by atomic mass is 9.88. The molecule has 0 spiro atoms. The number of nitrogens with zero attached hydrogens (tertiary/aromatic N) is 2. The minimum Gasteiger partial charge on any atom is -0.466 e. The fraction of sp³-hybridized carbons (Fsp3) is 0.190. The number of esters is 1. The number of carbonyl (C=O) groups excluding carboxylic acids is 1. The maximum atomic E-state index is 11.9. The van der Waals surface area contributed by atoms with E-state index in [-0.39, 0.29) is 18.3 Å². The standard InChI is InChI=1S/C21H18N2O3/c1-2-25-20(24)13-16-12-17(15-8-4-3-5-9-15)18(14-22)21(26-16)19-10-6-7-11-23-19/h3-12,17H,2,13H2,1H3/t17-/m1/s1. The maximum absolute atomic E-state index is 11.9. The van der Waals surface area contributed by atoms with Gasteiger partial charge in [-0.1, -0.05) is 36.4 Å². The van der Waals surface area contributed by atoms with E-state index in [2.05, 4.69) is 11.1 Å². The van der Waals surface area contributed by atoms with Crippen LogP contribution in [0.25, 0.3) is 5.76 Å². The Morgan fingerprint density at radius 2 is 2.00 bits per heavy atom. The van der Waals surface area contributed by atoms with Crippen LogP contribution in [-0.4, -0.2) is 17.6 Å². The lowest BCUT2D eigenvalue weighted by Gasteiger charge is -2.24. The zero-order valence-corrected chi connectivity index (χ0v) is 14.4. The minimum atomic E-state index is -0.369. The van der Waals surface area contributed by atoms with E-state index >= 15 is 0 Å². The Bertz CT molecular complexity index is 880. The molecule has 0 bridgehead atoms. The fourth-order valence-electron chi connectivity index (χ4n) is 2.81. The Morgan fingerprint density at radius 3 is 2.65 bits per heavy atom. The molecular weight excluding hydrogens is 328 g/mol. The van der Waals surface area contributed by atoms with Crippen LogP contribution in [0, 0.1) is 11.3 Å². The van der Waals surface area contributed by atoms with E-state index in [0.717, 1.165) is 5.56 Å². The number of hydrogen-bond acceptors (Lipinski definition) is 5. The monoisotopic (exact) mass is 346 g/mol. The summed E-state index contributed by atoms with van der Waals surface area (Å²) < 4.78 is 10.9. The molecule has 1 aliphatic heterocycles. The number of allylic oxidation sites excluding steroid dienone is 2. The molecular formula is C21H18N2O3. The number of ether oxygens (including phenoxy) is 2. The summed E-state index contributed by atoms with van der Waals surface area (Å²) in [5, 5.41) is 9.77. The summed E-state index contributed by atoms with van der Waals surface area (Å²) in [5.74, 6) is 0.156. The smallest absolute Gasteiger partial charge is 0.313 e. The van der Waals surface area contributed by atoms with Crippen LogP contribution < -0.4 is 0 Å². The predicted octanol–water partition coefficient (Wildman–Crippen LogP) is 3.97. The average Bonchev–Trinajstić information content (AvgIpc) is 2.69. The predicted molar refractivity (Wildman–Crippen MR) is 96.4 cm³/mol. The largest absolute Gasteiger partial charge is 0.466 e. The summed E-state index contributed by atoms with van der Waals surface area (Å²) in [6.07, 6.45) is 3.45. The molecule has 1 aromatic carbocycles. The molecule has 0 radical (unpaired) electrons. The third-order valence-electron chi connectivity index (χ3n) is 3.94. The molecule has 1 aliphatic rings. The van der Waals surface area contributed by atoms with Crippen molar-refractivity contribution in [1.82, 2.24) is 4.98 Å². The molecule has 0 N–H and O–H groups in total. The van der Waals surface area contributed by atoms with E-state index in [4.69, 9.17) is 9.47 Å². The Hall–Kier alpha value is -3.39. The number of nitriles is 1. The highest BCUT2D eigenvalue weighted by Gasteiger charge is 2.28. The van der Waals surface area contributed by atoms with Crippen LogP contribution in [0.4, 0.5) is 0 Å². The fourth-order valence-corrected chi connectivity index (χ4v) is 2.81. The molecule has 0 unspecified atom stereocenters. The second-order valence-electron chi connectivity index (χ2n) is 5.67. The van der Waals surface area contributed by atoms with Gasteiger partial charge in [-0.25, -0.2) is 0 Å². The van der Waals surface area contributed by atoms with Crippen LogP contribution in [0.3, 0.4) is 0 Å². The van der Waals surface area contributed by atoms with E-state index < -0.39 is 0 Å². The van der Waals surface area contributed by atoms with Crippen molar-refractivity contribution in [3.05, 3.63) is 83.4 Å². The van der Waals surface area contributed by atoms with E-state index in [0.29, 0.717) is 29.4 Å². The lowest BCUT2D eigenvalue weighted by molar-refractivity contribution is -0.142. The maximum Gasteiger partial charge on any atom is 0.313 e. The molecule has 0 saturated carbocycles. The third-order valence-corrected chi connectivity index (χ3v) is 3.94. The number of hydrogen-bond donors (Lipinski definition) is 0. The van der Waals surface area contributed by atoms with Gasteiger partial charge in [-0.05, 0) is 30.7 Å². The van der Waals surface area contributed by atoms with E-state index in [1.54, 1.807) is 31.3 Å². The molecule has 1 atom stereocenters. The SMILES string of the molecule is CCOC(=O)CC1=C[C@H](c2ccccc2)C(C#N)=C(c2ccccn2)O1. The van der Waals surface area contributed by atoms with Crippen LogP contribution in [0.5, 0.6) is 0 Å². The summed E-state index contributed by atoms with van der Waals surface area (Å²) >= 11 is 0. The second-order valence-corrected chi connectivity index (χ2v) is 5.67. The van der Waals surface area contributed by atoms with Crippen LogP contribution in [-0.2, 0) is 14.3 Å². The molecule has 26 heavy (non-hydrogen) atoms. The lowest BCUT2D eigenvalue weighted by Crippen LogP contribution is -2.14. The van der Waals surface area contributed by atoms with Crippen LogP contribution in [0.2, 0.25) is 0 Å². The molecule has 130 valence electrons. The van der Waals surface area contributed by atoms with E-state index in [9.17, 15) is 10.1 Å². The van der Waals surface area contributed by atoms with Crippen molar-refractivity contribution < 1.29 is 14.3 Å². The number of rotatable bonds is 5. The van der Waals surface area contributed by atoms with Gasteiger partial charge in [0.25, 0.3) is 0 Å². The highest BCUT2D eigenvalue weighted by molar-refractivity contribution is 5.75. The molecule has 0 amide bonds. The molecule has 1 aromatic heterocycles. The summed E-state index contributed by atoms with van der Waals surface area (Å²) in [6.45, 7) is 2.06. The Labute approximate surface area is 152 Å². The first-order valence-corrected chi connectivity index (χ1v) is 8.37. The quantitative estimate of drug-likeness (QED) is 0.766. The van der Waals surface area contributed by atoms with Gasteiger partial charge in [-0.2, -0.15) is 5.26 Å². The molecule has 2 aromatic rings. The van der Waals surface area contributed by atoms with Gasteiger partial charge in [0.05, 0.1) is 18.2 Å². The number of carbonyl (C=O) groups is 1. The van der Waals surface area contributed by atoms with Crippen molar-refractivity contribution in [3.8, 4) is 6.07 Å². The van der Waals surface area contributed by atoms with Crippen molar-refractivity contribution in [1.29, 1.82) is 5.26 Å². The van der Waals surface area contributed by atoms with Gasteiger partial charge in [0.2, 0.25) is 0 Å². The number of benzene rings is 1. The van der Waals surface area contributed by atoms with Crippen molar-refractivity contribution in [3.63, 3.8) is 0 Å². The van der Waals surface area contributed by atoms with Gasteiger partial charge >= 0.3 is 5.97 Å². The molecule has 0 saturated heterocycles. The molecule has 2 heterocycles. The normalized spacial score (nSPS) is 16.3. The van der Waals surface area contributed by atoms with Gasteiger partial charge in [0.1, 0.15) is 17.9 Å². The van der Waals surface area contributed by atoms with Crippen LogP contribution >= 0.6 is 0 Å². The zero-order chi connectivity index (χ0) is 18.4. The Balaban J connectivity index is 2.05. The Morgan fingerprint density at radius 1 is 1.23 bits per heavy atom. The van der Waals surface area contributed by atoms with Gasteiger partial charge in [0.15, 0.2) is 5.76 Å². The number of aromatic nitrogens is 1. The summed E-state index contributed by atoms with van der Waals surface area (Å²) in [4.78, 5) is 16.2. The van der Waals surface area contributed by atoms with Gasteiger partial charge in [-0.15, -0.1) is 0 Å². The minimum absolute atomic E-state index is 0.00617. The first kappa shape index (κ1) is 17.4. The second kappa shape index (κ2) is 8.13. The number of pyridine rings is 1. The Kier molecular flexibility index (Phi) is 5.45. The van der Waals surface area contributed by atoms with E-state index in [1.165, 1.54) is 0 Å². The van der Waals surface area contributed by atoms with Crippen molar-refractivity contribution in [2.45, 2.75) is 19.3 Å². The van der Waals surface area contributed by atoms with E-state index in [1.807, 2.05) is 36.4 Å². The average molecular weight is 346 g/mol. The van der Waals surface area contributed by atoms with Gasteiger partial charge in [-0.3, -0.25) is 9.78 Å².